The van der Waals surface area contributed by atoms with Crippen LogP contribution in [0.25, 0.3) is 0 Å². The van der Waals surface area contributed by atoms with Gasteiger partial charge >= 0.3 is 0 Å². The average Bonchev–Trinajstić information content (AvgIpc) is 2.37. The lowest BCUT2D eigenvalue weighted by atomic mass is 10.1. The van der Waals surface area contributed by atoms with Crippen LogP contribution < -0.4 is 4.90 Å². The number of hydrogen-bond donors (Lipinski definition) is 0. The van der Waals surface area contributed by atoms with Crippen molar-refractivity contribution in [1.29, 1.82) is 0 Å². The highest BCUT2D eigenvalue weighted by Crippen LogP contribution is 2.38. The Morgan fingerprint density at radius 1 is 1.00 bits per heavy atom. The van der Waals surface area contributed by atoms with Crippen LogP contribution in [0, 0.1) is 27.2 Å². The summed E-state index contributed by atoms with van der Waals surface area (Å²) in [4.78, 5) is 23.1. The molecule has 0 aromatic heterocycles. The maximum absolute atomic E-state index is 11.2. The van der Waals surface area contributed by atoms with E-state index in [4.69, 9.17) is 0 Å². The molecule has 0 aliphatic carbocycles. The third-order valence-corrected chi connectivity index (χ3v) is 2.91. The molecule has 0 bridgehead atoms. The van der Waals surface area contributed by atoms with Crippen molar-refractivity contribution >= 4 is 17.1 Å². The van der Waals surface area contributed by atoms with Gasteiger partial charge in [-0.1, -0.05) is 13.8 Å². The number of benzene rings is 1. The Bertz CT molecular complexity index is 475. The molecule has 0 aliphatic rings. The van der Waals surface area contributed by atoms with E-state index in [2.05, 4.69) is 0 Å². The van der Waals surface area contributed by atoms with Crippen molar-refractivity contribution in [2.75, 3.05) is 18.0 Å². The van der Waals surface area contributed by atoms with Crippen molar-refractivity contribution in [2.45, 2.75) is 33.6 Å². The standard InChI is InChI=1S/C13H19N3O4/c1-4-6-14(7-5-2)13-11(15(17)18)8-10(3)9-12(13)16(19)20/h8-9H,4-7H2,1-3H3. The molecule has 20 heavy (non-hydrogen) atoms. The van der Waals surface area contributed by atoms with Gasteiger partial charge in [0, 0.05) is 25.2 Å². The lowest BCUT2D eigenvalue weighted by molar-refractivity contribution is -0.392. The van der Waals surface area contributed by atoms with Crippen LogP contribution in [0.4, 0.5) is 17.1 Å². The van der Waals surface area contributed by atoms with E-state index in [1.807, 2.05) is 13.8 Å². The average molecular weight is 281 g/mol. The summed E-state index contributed by atoms with van der Waals surface area (Å²) in [5.74, 6) is 0. The molecule has 0 atom stereocenters. The summed E-state index contributed by atoms with van der Waals surface area (Å²) < 4.78 is 0. The SMILES string of the molecule is CCCN(CCC)c1c([N+](=O)[O-])cc(C)cc1[N+](=O)[O-]. The quantitative estimate of drug-likeness (QED) is 0.564. The van der Waals surface area contributed by atoms with Crippen LogP contribution in [-0.2, 0) is 0 Å². The Kier molecular flexibility index (Phi) is 5.42. The van der Waals surface area contributed by atoms with Gasteiger partial charge in [0.05, 0.1) is 9.85 Å². The highest BCUT2D eigenvalue weighted by Gasteiger charge is 2.29. The normalized spacial score (nSPS) is 10.3. The van der Waals surface area contributed by atoms with Gasteiger partial charge in [-0.15, -0.1) is 0 Å². The van der Waals surface area contributed by atoms with Crippen LogP contribution in [0.1, 0.15) is 32.3 Å². The summed E-state index contributed by atoms with van der Waals surface area (Å²) in [7, 11) is 0. The molecule has 1 aromatic carbocycles. The minimum absolute atomic E-state index is 0.120. The molecule has 7 heteroatoms. The molecule has 0 fully saturated rings. The third kappa shape index (κ3) is 3.43. The molecule has 0 N–H and O–H groups in total. The van der Waals surface area contributed by atoms with E-state index in [0.717, 1.165) is 12.8 Å². The van der Waals surface area contributed by atoms with Gasteiger partial charge in [0.1, 0.15) is 0 Å². The van der Waals surface area contributed by atoms with E-state index in [1.165, 1.54) is 12.1 Å². The van der Waals surface area contributed by atoms with Crippen LogP contribution in [-0.4, -0.2) is 22.9 Å². The number of nitro benzene ring substituents is 2. The zero-order chi connectivity index (χ0) is 15.3. The smallest absolute Gasteiger partial charge is 0.299 e. The third-order valence-electron chi connectivity index (χ3n) is 2.91. The first-order chi connectivity index (χ1) is 9.42. The van der Waals surface area contributed by atoms with Gasteiger partial charge in [0.2, 0.25) is 0 Å². The topological polar surface area (TPSA) is 89.5 Å². The molecule has 0 heterocycles. The maximum Gasteiger partial charge on any atom is 0.299 e. The minimum atomic E-state index is -0.548. The lowest BCUT2D eigenvalue weighted by Gasteiger charge is -2.23. The van der Waals surface area contributed by atoms with Crippen molar-refractivity contribution in [3.05, 3.63) is 37.9 Å². The summed E-state index contributed by atoms with van der Waals surface area (Å²) in [6, 6.07) is 2.78. The second-order valence-corrected chi connectivity index (χ2v) is 4.65. The molecule has 1 aromatic rings. The Labute approximate surface area is 117 Å². The van der Waals surface area contributed by atoms with Crippen LogP contribution >= 0.6 is 0 Å². The van der Waals surface area contributed by atoms with E-state index in [0.29, 0.717) is 18.7 Å². The molecule has 7 nitrogen and oxygen atoms in total. The second kappa shape index (κ2) is 6.83. The Morgan fingerprint density at radius 3 is 1.70 bits per heavy atom. The Morgan fingerprint density at radius 2 is 1.40 bits per heavy atom. The van der Waals surface area contributed by atoms with Crippen LogP contribution in [0.15, 0.2) is 12.1 Å². The van der Waals surface area contributed by atoms with Crippen molar-refractivity contribution in [3.63, 3.8) is 0 Å². The fourth-order valence-corrected chi connectivity index (χ4v) is 2.22. The van der Waals surface area contributed by atoms with Gasteiger partial charge in [-0.3, -0.25) is 20.2 Å². The minimum Gasteiger partial charge on any atom is -0.360 e. The van der Waals surface area contributed by atoms with Gasteiger partial charge in [0.15, 0.2) is 5.69 Å². The van der Waals surface area contributed by atoms with Gasteiger partial charge in [-0.25, -0.2) is 0 Å². The fraction of sp³-hybridized carbons (Fsp3) is 0.538. The first-order valence-electron chi connectivity index (χ1n) is 6.60. The first kappa shape index (κ1) is 15.9. The molecule has 0 saturated heterocycles. The van der Waals surface area contributed by atoms with Crippen LogP contribution in [0.5, 0.6) is 0 Å². The number of anilines is 1. The molecule has 0 amide bonds. The van der Waals surface area contributed by atoms with E-state index >= 15 is 0 Å². The van der Waals surface area contributed by atoms with Crippen LogP contribution in [0.3, 0.4) is 0 Å². The maximum atomic E-state index is 11.2. The van der Waals surface area contributed by atoms with Crippen molar-refractivity contribution in [1.82, 2.24) is 0 Å². The fourth-order valence-electron chi connectivity index (χ4n) is 2.22. The summed E-state index contributed by atoms with van der Waals surface area (Å²) in [5, 5.41) is 22.4. The predicted octanol–water partition coefficient (Wildman–Crippen LogP) is 3.44. The summed E-state index contributed by atoms with van der Waals surface area (Å²) >= 11 is 0. The van der Waals surface area contributed by atoms with Gasteiger partial charge in [-0.2, -0.15) is 0 Å². The van der Waals surface area contributed by atoms with Gasteiger partial charge < -0.3 is 4.90 Å². The Hall–Kier alpha value is -2.18. The number of rotatable bonds is 7. The summed E-state index contributed by atoms with van der Waals surface area (Å²) in [6.07, 6.45) is 1.53. The molecular formula is C13H19N3O4. The molecule has 110 valence electrons. The van der Waals surface area contributed by atoms with E-state index in [9.17, 15) is 20.2 Å². The van der Waals surface area contributed by atoms with Crippen molar-refractivity contribution in [3.8, 4) is 0 Å². The summed E-state index contributed by atoms with van der Waals surface area (Å²) in [5.41, 5.74) is 0.242. The predicted molar refractivity (Wildman–Crippen MR) is 77.3 cm³/mol. The van der Waals surface area contributed by atoms with Gasteiger partial charge in [0.25, 0.3) is 11.4 Å². The van der Waals surface area contributed by atoms with Crippen molar-refractivity contribution in [2.24, 2.45) is 0 Å². The van der Waals surface area contributed by atoms with E-state index in [1.54, 1.807) is 11.8 Å². The molecule has 0 spiro atoms. The zero-order valence-electron chi connectivity index (χ0n) is 12.0. The highest BCUT2D eigenvalue weighted by molar-refractivity contribution is 5.76. The van der Waals surface area contributed by atoms with Crippen molar-refractivity contribution < 1.29 is 9.85 Å². The molecule has 1 rings (SSSR count). The second-order valence-electron chi connectivity index (χ2n) is 4.65. The molecule has 0 radical (unpaired) electrons. The molecule has 0 unspecified atom stereocenters. The number of hydrogen-bond acceptors (Lipinski definition) is 5. The number of nitrogens with zero attached hydrogens (tertiary/aromatic N) is 3. The molecule has 0 saturated carbocycles. The molecule has 0 aliphatic heterocycles. The summed E-state index contributed by atoms with van der Waals surface area (Å²) in [6.45, 7) is 6.61. The van der Waals surface area contributed by atoms with E-state index in [-0.39, 0.29) is 17.1 Å². The van der Waals surface area contributed by atoms with Gasteiger partial charge in [-0.05, 0) is 25.3 Å². The molecular weight excluding hydrogens is 262 g/mol. The first-order valence-corrected chi connectivity index (χ1v) is 6.60. The zero-order valence-corrected chi connectivity index (χ0v) is 12.0. The largest absolute Gasteiger partial charge is 0.360 e. The number of nitro groups is 2. The monoisotopic (exact) mass is 281 g/mol. The van der Waals surface area contributed by atoms with Crippen LogP contribution in [0.2, 0.25) is 0 Å². The number of aryl methyl sites for hydroxylation is 1. The lowest BCUT2D eigenvalue weighted by Crippen LogP contribution is -2.26. The Balaban J connectivity index is 3.52. The van der Waals surface area contributed by atoms with E-state index < -0.39 is 9.85 Å². The highest BCUT2D eigenvalue weighted by atomic mass is 16.6.